The first-order valence-electron chi connectivity index (χ1n) is 8.86. The maximum atomic E-state index is 12.4. The molecular weight excluding hydrogens is 356 g/mol. The highest BCUT2D eigenvalue weighted by Crippen LogP contribution is 2.19. The number of hydrogen-bond donors (Lipinski definition) is 2. The van der Waals surface area contributed by atoms with E-state index in [1.807, 2.05) is 0 Å². The Labute approximate surface area is 154 Å². The monoisotopic (exact) mass is 382 g/mol. The van der Waals surface area contributed by atoms with E-state index in [4.69, 9.17) is 4.74 Å². The van der Waals surface area contributed by atoms with Crippen LogP contribution in [0.4, 0.5) is 0 Å². The van der Waals surface area contributed by atoms with Crippen molar-refractivity contribution in [3.63, 3.8) is 0 Å². The number of carbonyl (C=O) groups is 2. The van der Waals surface area contributed by atoms with Crippen molar-refractivity contribution in [3.05, 3.63) is 29.3 Å². The molecule has 7 nitrogen and oxygen atoms in total. The number of rotatable bonds is 7. The molecule has 0 saturated heterocycles. The van der Waals surface area contributed by atoms with E-state index in [0.29, 0.717) is 5.56 Å². The fourth-order valence-electron chi connectivity index (χ4n) is 2.93. The molecule has 1 aromatic carbocycles. The third-order valence-corrected chi connectivity index (χ3v) is 5.97. The summed E-state index contributed by atoms with van der Waals surface area (Å²) in [5.41, 5.74) is 0.707. The van der Waals surface area contributed by atoms with Crippen molar-refractivity contribution in [2.24, 2.45) is 0 Å². The summed E-state index contributed by atoms with van der Waals surface area (Å²) in [6.07, 6.45) is 3.11. The van der Waals surface area contributed by atoms with Crippen molar-refractivity contribution in [2.75, 3.05) is 6.54 Å². The summed E-state index contributed by atoms with van der Waals surface area (Å²) < 4.78 is 31.9. The smallest absolute Gasteiger partial charge is 0.339 e. The molecule has 1 saturated carbocycles. The number of amides is 1. The second kappa shape index (κ2) is 8.64. The fourth-order valence-corrected chi connectivity index (χ4v) is 3.99. The minimum atomic E-state index is -3.68. The van der Waals surface area contributed by atoms with E-state index >= 15 is 0 Å². The van der Waals surface area contributed by atoms with Gasteiger partial charge in [-0.3, -0.25) is 4.79 Å². The number of carbonyl (C=O) groups excluding carboxylic acids is 2. The predicted molar refractivity (Wildman–Crippen MR) is 97.3 cm³/mol. The molecule has 1 atom stereocenters. The standard InChI is InChI=1S/C18H26N2O5S/c1-4-19-26(23,24)15-10-9-12(2)16(11-15)18(22)25-13(3)17(21)20-14-7-5-6-8-14/h9-11,13-14,19H,4-8H2,1-3H3,(H,20,21). The van der Waals surface area contributed by atoms with Gasteiger partial charge in [0.2, 0.25) is 10.0 Å². The van der Waals surface area contributed by atoms with Crippen LogP contribution in [0.15, 0.2) is 23.1 Å². The molecule has 2 rings (SSSR count). The van der Waals surface area contributed by atoms with Crippen LogP contribution in [-0.4, -0.2) is 39.0 Å². The molecule has 26 heavy (non-hydrogen) atoms. The lowest BCUT2D eigenvalue weighted by Gasteiger charge is -2.18. The van der Waals surface area contributed by atoms with Crippen LogP contribution in [0.1, 0.15) is 55.5 Å². The van der Waals surface area contributed by atoms with Gasteiger partial charge in [-0.25, -0.2) is 17.9 Å². The van der Waals surface area contributed by atoms with Gasteiger partial charge in [0.25, 0.3) is 5.91 Å². The van der Waals surface area contributed by atoms with Crippen molar-refractivity contribution in [1.29, 1.82) is 0 Å². The number of benzene rings is 1. The van der Waals surface area contributed by atoms with Crippen LogP contribution in [-0.2, 0) is 19.6 Å². The number of hydrogen-bond acceptors (Lipinski definition) is 5. The van der Waals surface area contributed by atoms with Gasteiger partial charge in [-0.1, -0.05) is 25.8 Å². The van der Waals surface area contributed by atoms with E-state index in [0.717, 1.165) is 25.7 Å². The minimum absolute atomic E-state index is 0.0139. The number of aryl methyl sites for hydroxylation is 1. The van der Waals surface area contributed by atoms with Crippen molar-refractivity contribution >= 4 is 21.9 Å². The lowest BCUT2D eigenvalue weighted by Crippen LogP contribution is -2.40. The number of nitrogens with one attached hydrogen (secondary N) is 2. The zero-order valence-electron chi connectivity index (χ0n) is 15.4. The Morgan fingerprint density at radius 2 is 1.92 bits per heavy atom. The van der Waals surface area contributed by atoms with Gasteiger partial charge in [-0.2, -0.15) is 0 Å². The Bertz CT molecular complexity index is 770. The average Bonchev–Trinajstić information content (AvgIpc) is 3.07. The van der Waals surface area contributed by atoms with Crippen molar-refractivity contribution in [2.45, 2.75) is 63.5 Å². The van der Waals surface area contributed by atoms with E-state index < -0.39 is 22.1 Å². The average molecular weight is 382 g/mol. The van der Waals surface area contributed by atoms with Crippen LogP contribution in [0.2, 0.25) is 0 Å². The highest BCUT2D eigenvalue weighted by atomic mass is 32.2. The van der Waals surface area contributed by atoms with E-state index in [1.165, 1.54) is 19.1 Å². The molecule has 8 heteroatoms. The second-order valence-electron chi connectivity index (χ2n) is 6.52. The molecule has 0 aliphatic heterocycles. The molecule has 0 heterocycles. The van der Waals surface area contributed by atoms with Gasteiger partial charge in [0.05, 0.1) is 10.5 Å². The molecule has 0 spiro atoms. The Hall–Kier alpha value is -1.93. The summed E-state index contributed by atoms with van der Waals surface area (Å²) >= 11 is 0. The largest absolute Gasteiger partial charge is 0.449 e. The SMILES string of the molecule is CCNS(=O)(=O)c1ccc(C)c(C(=O)OC(C)C(=O)NC2CCCC2)c1. The van der Waals surface area contributed by atoms with Crippen molar-refractivity contribution in [3.8, 4) is 0 Å². The molecular formula is C18H26N2O5S. The summed E-state index contributed by atoms with van der Waals surface area (Å²) in [6, 6.07) is 4.39. The maximum Gasteiger partial charge on any atom is 0.339 e. The molecule has 1 amide bonds. The zero-order chi connectivity index (χ0) is 19.3. The molecule has 0 bridgehead atoms. The quantitative estimate of drug-likeness (QED) is 0.701. The lowest BCUT2D eigenvalue weighted by atomic mass is 10.1. The van der Waals surface area contributed by atoms with Gasteiger partial charge >= 0.3 is 5.97 Å². The maximum absolute atomic E-state index is 12.4. The predicted octanol–water partition coefficient (Wildman–Crippen LogP) is 1.90. The molecule has 0 aromatic heterocycles. The van der Waals surface area contributed by atoms with Gasteiger partial charge in [-0.15, -0.1) is 0 Å². The van der Waals surface area contributed by atoms with Crippen LogP contribution in [0.5, 0.6) is 0 Å². The normalized spacial score (nSPS) is 16.3. The van der Waals surface area contributed by atoms with Gasteiger partial charge in [0.15, 0.2) is 6.10 Å². The second-order valence-corrected chi connectivity index (χ2v) is 8.28. The highest BCUT2D eigenvalue weighted by Gasteiger charge is 2.25. The molecule has 1 aliphatic carbocycles. The first-order valence-corrected chi connectivity index (χ1v) is 10.3. The molecule has 1 aromatic rings. The first-order chi connectivity index (χ1) is 12.2. The summed E-state index contributed by atoms with van der Waals surface area (Å²) in [6.45, 7) is 5.11. The van der Waals surface area contributed by atoms with Crippen molar-refractivity contribution in [1.82, 2.24) is 10.0 Å². The van der Waals surface area contributed by atoms with Crippen LogP contribution in [0.25, 0.3) is 0 Å². The summed E-state index contributed by atoms with van der Waals surface area (Å²) in [5.74, 6) is -1.05. The molecule has 1 aliphatic rings. The van der Waals surface area contributed by atoms with E-state index in [2.05, 4.69) is 10.0 Å². The third kappa shape index (κ3) is 5.04. The fraction of sp³-hybridized carbons (Fsp3) is 0.556. The summed E-state index contributed by atoms with van der Waals surface area (Å²) in [4.78, 5) is 24.6. The molecule has 1 unspecified atom stereocenters. The molecule has 0 radical (unpaired) electrons. The van der Waals surface area contributed by atoms with Crippen LogP contribution in [0.3, 0.4) is 0 Å². The van der Waals surface area contributed by atoms with Gasteiger partial charge in [0.1, 0.15) is 0 Å². The number of esters is 1. The Kier molecular flexibility index (Phi) is 6.77. The zero-order valence-corrected chi connectivity index (χ0v) is 16.2. The topological polar surface area (TPSA) is 102 Å². The van der Waals surface area contributed by atoms with E-state index in [-0.39, 0.29) is 29.0 Å². The number of sulfonamides is 1. The Morgan fingerprint density at radius 1 is 1.27 bits per heavy atom. The van der Waals surface area contributed by atoms with E-state index in [9.17, 15) is 18.0 Å². The van der Waals surface area contributed by atoms with Gasteiger partial charge < -0.3 is 10.1 Å². The Morgan fingerprint density at radius 3 is 2.54 bits per heavy atom. The third-order valence-electron chi connectivity index (χ3n) is 4.43. The Balaban J connectivity index is 2.09. The van der Waals surface area contributed by atoms with Gasteiger partial charge in [0, 0.05) is 12.6 Å². The summed E-state index contributed by atoms with van der Waals surface area (Å²) in [7, 11) is -3.68. The molecule has 144 valence electrons. The summed E-state index contributed by atoms with van der Waals surface area (Å²) in [5, 5.41) is 2.88. The minimum Gasteiger partial charge on any atom is -0.449 e. The molecule has 1 fully saturated rings. The van der Waals surface area contributed by atoms with Crippen molar-refractivity contribution < 1.29 is 22.7 Å². The molecule has 2 N–H and O–H groups in total. The van der Waals surface area contributed by atoms with Gasteiger partial charge in [-0.05, 0) is 44.4 Å². The van der Waals surface area contributed by atoms with E-state index in [1.54, 1.807) is 19.9 Å². The highest BCUT2D eigenvalue weighted by molar-refractivity contribution is 7.89. The number of ether oxygens (including phenoxy) is 1. The van der Waals surface area contributed by atoms with Crippen LogP contribution >= 0.6 is 0 Å². The first kappa shape index (κ1) is 20.4. The lowest BCUT2D eigenvalue weighted by molar-refractivity contribution is -0.129. The van der Waals surface area contributed by atoms with Crippen LogP contribution in [0, 0.1) is 6.92 Å². The van der Waals surface area contributed by atoms with Crippen LogP contribution < -0.4 is 10.0 Å².